The highest BCUT2D eigenvalue weighted by atomic mass is 35.5. The van der Waals surface area contributed by atoms with Gasteiger partial charge >= 0.3 is 0 Å². The lowest BCUT2D eigenvalue weighted by Gasteiger charge is -2.18. The maximum atomic E-state index is 12.0. The molecule has 2 N–H and O–H groups in total. The van der Waals surface area contributed by atoms with Gasteiger partial charge in [-0.2, -0.15) is 0 Å². The van der Waals surface area contributed by atoms with Gasteiger partial charge < -0.3 is 0 Å². The number of nitrogens with one attached hydrogen (secondary N) is 2. The zero-order valence-corrected chi connectivity index (χ0v) is 15.1. The first-order valence-electron chi connectivity index (χ1n) is 8.14. The molecule has 1 unspecified atom stereocenters. The van der Waals surface area contributed by atoms with E-state index in [0.29, 0.717) is 5.02 Å². The number of benzene rings is 2. The molecule has 0 spiro atoms. The first kappa shape index (κ1) is 17.8. The molecule has 0 aromatic heterocycles. The van der Waals surface area contributed by atoms with Crippen LogP contribution < -0.4 is 10.9 Å². The van der Waals surface area contributed by atoms with Crippen LogP contribution in [0.3, 0.4) is 0 Å². The summed E-state index contributed by atoms with van der Waals surface area (Å²) in [5, 5.41) is 0.699. The smallest absolute Gasteiger partial charge is 0.248 e. The summed E-state index contributed by atoms with van der Waals surface area (Å²) < 4.78 is 0. The van der Waals surface area contributed by atoms with Crippen LogP contribution in [0.2, 0.25) is 5.02 Å². The van der Waals surface area contributed by atoms with Crippen LogP contribution in [0.5, 0.6) is 0 Å². The number of rotatable bonds is 6. The summed E-state index contributed by atoms with van der Waals surface area (Å²) in [7, 11) is 0. The molecule has 0 radical (unpaired) electrons. The quantitative estimate of drug-likeness (QED) is 0.757. The minimum absolute atomic E-state index is 0.0170. The fraction of sp³-hybridized carbons (Fsp3) is 0.263. The second kappa shape index (κ2) is 8.41. The van der Waals surface area contributed by atoms with Crippen LogP contribution in [0.25, 0.3) is 0 Å². The van der Waals surface area contributed by atoms with Crippen molar-refractivity contribution >= 4 is 35.2 Å². The van der Waals surface area contributed by atoms with E-state index in [9.17, 15) is 9.59 Å². The monoisotopic (exact) mass is 374 g/mol. The van der Waals surface area contributed by atoms with Crippen LogP contribution in [0.4, 0.5) is 0 Å². The summed E-state index contributed by atoms with van der Waals surface area (Å²) in [5.41, 5.74) is 7.17. The molecule has 2 aromatic carbocycles. The average Bonchev–Trinajstić information content (AvgIpc) is 3.47. The lowest BCUT2D eigenvalue weighted by atomic mass is 10.0. The van der Waals surface area contributed by atoms with E-state index < -0.39 is 0 Å². The Bertz CT molecular complexity index is 733. The summed E-state index contributed by atoms with van der Waals surface area (Å²) >= 11 is 7.49. The van der Waals surface area contributed by atoms with Crippen molar-refractivity contribution in [1.82, 2.24) is 10.9 Å². The number of hydrogen-bond donors (Lipinski definition) is 2. The van der Waals surface area contributed by atoms with Crippen molar-refractivity contribution in [3.63, 3.8) is 0 Å². The zero-order chi connectivity index (χ0) is 17.6. The Morgan fingerprint density at radius 1 is 1.00 bits per heavy atom. The van der Waals surface area contributed by atoms with E-state index in [2.05, 4.69) is 10.9 Å². The van der Waals surface area contributed by atoms with Crippen LogP contribution in [0.1, 0.15) is 29.2 Å². The van der Waals surface area contributed by atoms with Gasteiger partial charge in [0.2, 0.25) is 11.8 Å². The number of hydrogen-bond acceptors (Lipinski definition) is 3. The number of hydrazine groups is 1. The van der Waals surface area contributed by atoms with E-state index >= 15 is 0 Å². The summed E-state index contributed by atoms with van der Waals surface area (Å²) in [6.45, 7) is 0. The van der Waals surface area contributed by atoms with Crippen molar-refractivity contribution in [2.75, 3.05) is 5.75 Å². The van der Waals surface area contributed by atoms with E-state index in [1.807, 2.05) is 54.6 Å². The van der Waals surface area contributed by atoms with E-state index in [1.54, 1.807) is 0 Å². The molecule has 0 saturated heterocycles. The molecule has 0 aliphatic heterocycles. The molecule has 130 valence electrons. The molecule has 1 aliphatic rings. The molecule has 25 heavy (non-hydrogen) atoms. The molecule has 4 nitrogen and oxygen atoms in total. The third-order valence-corrected chi connectivity index (χ3v) is 5.49. The highest BCUT2D eigenvalue weighted by Crippen LogP contribution is 2.35. The highest BCUT2D eigenvalue weighted by molar-refractivity contribution is 8.00. The van der Waals surface area contributed by atoms with Gasteiger partial charge in [-0.25, -0.2) is 0 Å². The van der Waals surface area contributed by atoms with Crippen molar-refractivity contribution in [2.45, 2.75) is 18.1 Å². The van der Waals surface area contributed by atoms with Gasteiger partial charge in [0, 0.05) is 10.9 Å². The van der Waals surface area contributed by atoms with Crippen LogP contribution in [0, 0.1) is 5.92 Å². The average molecular weight is 375 g/mol. The minimum atomic E-state index is -0.214. The van der Waals surface area contributed by atoms with Crippen molar-refractivity contribution in [3.8, 4) is 0 Å². The van der Waals surface area contributed by atoms with Crippen LogP contribution in [-0.4, -0.2) is 17.6 Å². The highest BCUT2D eigenvalue weighted by Gasteiger charge is 2.29. The second-order valence-corrected chi connectivity index (χ2v) is 7.49. The third-order valence-electron chi connectivity index (χ3n) is 3.93. The molecule has 2 amide bonds. The first-order valence-corrected chi connectivity index (χ1v) is 9.57. The topological polar surface area (TPSA) is 58.2 Å². The molecule has 3 rings (SSSR count). The minimum Gasteiger partial charge on any atom is -0.273 e. The summed E-state index contributed by atoms with van der Waals surface area (Å²) in [6, 6.07) is 17.7. The molecule has 6 heteroatoms. The fourth-order valence-corrected chi connectivity index (χ4v) is 3.64. The van der Waals surface area contributed by atoms with Crippen molar-refractivity contribution < 1.29 is 9.59 Å². The summed E-state index contributed by atoms with van der Waals surface area (Å²) in [6.07, 6.45) is 1.81. The Hall–Kier alpha value is -1.98. The van der Waals surface area contributed by atoms with Gasteiger partial charge in [0.15, 0.2) is 0 Å². The van der Waals surface area contributed by atoms with E-state index in [1.165, 1.54) is 11.8 Å². The Morgan fingerprint density at radius 3 is 2.28 bits per heavy atom. The lowest BCUT2D eigenvalue weighted by molar-refractivity contribution is -0.128. The van der Waals surface area contributed by atoms with Gasteiger partial charge in [-0.15, -0.1) is 11.8 Å². The van der Waals surface area contributed by atoms with Gasteiger partial charge in [-0.1, -0.05) is 54.1 Å². The first-order chi connectivity index (χ1) is 12.1. The van der Waals surface area contributed by atoms with Gasteiger partial charge in [-0.05, 0) is 36.1 Å². The van der Waals surface area contributed by atoms with E-state index in [0.717, 1.165) is 24.0 Å². The van der Waals surface area contributed by atoms with E-state index in [4.69, 9.17) is 11.6 Å². The number of thioether (sulfide) groups is 1. The zero-order valence-electron chi connectivity index (χ0n) is 13.6. The summed E-state index contributed by atoms with van der Waals surface area (Å²) in [4.78, 5) is 23.6. The molecule has 0 heterocycles. The molecule has 1 saturated carbocycles. The Labute approximate surface area is 156 Å². The fourth-order valence-electron chi connectivity index (χ4n) is 2.42. The third kappa shape index (κ3) is 5.25. The van der Waals surface area contributed by atoms with Gasteiger partial charge in [0.05, 0.1) is 11.0 Å². The standard InChI is InChI=1S/C19H19ClN2O2S/c20-16-10-8-14(9-11-16)18(13-4-2-1-3-5-13)25-12-17(23)21-22-19(24)15-6-7-15/h1-5,8-11,15,18H,6-7,12H2,(H,21,23)(H,22,24). The van der Waals surface area contributed by atoms with Crippen LogP contribution >= 0.6 is 23.4 Å². The number of halogens is 1. The molecule has 1 aliphatic carbocycles. The van der Waals surface area contributed by atoms with Gasteiger partial charge in [0.1, 0.15) is 0 Å². The SMILES string of the molecule is O=C(CSC(c1ccccc1)c1ccc(Cl)cc1)NNC(=O)C1CC1. The Balaban J connectivity index is 1.62. The Morgan fingerprint density at radius 2 is 1.64 bits per heavy atom. The van der Waals surface area contributed by atoms with Crippen molar-refractivity contribution in [3.05, 3.63) is 70.7 Å². The Kier molecular flexibility index (Phi) is 6.00. The van der Waals surface area contributed by atoms with Crippen LogP contribution in [0.15, 0.2) is 54.6 Å². The van der Waals surface area contributed by atoms with Crippen LogP contribution in [-0.2, 0) is 9.59 Å². The number of carbonyl (C=O) groups is 2. The van der Waals surface area contributed by atoms with Gasteiger partial charge in [-0.3, -0.25) is 20.4 Å². The number of carbonyl (C=O) groups excluding carboxylic acids is 2. The second-order valence-electron chi connectivity index (χ2n) is 5.96. The molecular weight excluding hydrogens is 356 g/mol. The predicted molar refractivity (Wildman–Crippen MR) is 101 cm³/mol. The molecule has 1 atom stereocenters. The maximum absolute atomic E-state index is 12.0. The largest absolute Gasteiger partial charge is 0.273 e. The predicted octanol–water partition coefficient (Wildman–Crippen LogP) is 3.72. The molecular formula is C19H19ClN2O2S. The van der Waals surface area contributed by atoms with Crippen molar-refractivity contribution in [2.24, 2.45) is 5.92 Å². The number of amides is 2. The maximum Gasteiger partial charge on any atom is 0.248 e. The molecule has 0 bridgehead atoms. The summed E-state index contributed by atoms with van der Waals surface area (Å²) in [5.74, 6) is -0.00344. The molecule has 2 aromatic rings. The normalized spacial score (nSPS) is 14.6. The van der Waals surface area contributed by atoms with Gasteiger partial charge in [0.25, 0.3) is 0 Å². The molecule has 1 fully saturated rings. The lowest BCUT2D eigenvalue weighted by Crippen LogP contribution is -2.43. The van der Waals surface area contributed by atoms with E-state index in [-0.39, 0.29) is 28.7 Å². The van der Waals surface area contributed by atoms with Crippen molar-refractivity contribution in [1.29, 1.82) is 0 Å².